The van der Waals surface area contributed by atoms with Gasteiger partial charge in [-0.05, 0) is 24.1 Å². The van der Waals surface area contributed by atoms with E-state index in [1.54, 1.807) is 13.3 Å². The summed E-state index contributed by atoms with van der Waals surface area (Å²) in [7, 11) is 1.65. The van der Waals surface area contributed by atoms with Crippen molar-refractivity contribution in [2.24, 2.45) is 0 Å². The molecule has 2 aromatic rings. The number of carboxylic acids is 1. The van der Waals surface area contributed by atoms with E-state index in [1.165, 1.54) is 5.56 Å². The molecule has 0 saturated carbocycles. The fourth-order valence-electron chi connectivity index (χ4n) is 2.70. The van der Waals surface area contributed by atoms with Gasteiger partial charge in [0, 0.05) is 25.1 Å². The molecule has 3 rings (SSSR count). The second-order valence-corrected chi connectivity index (χ2v) is 5.01. The number of benzene rings is 1. The second kappa shape index (κ2) is 5.00. The number of methoxy groups -OCH3 is 1. The van der Waals surface area contributed by atoms with E-state index >= 15 is 0 Å². The van der Waals surface area contributed by atoms with Crippen molar-refractivity contribution in [3.8, 4) is 5.75 Å². The van der Waals surface area contributed by atoms with Gasteiger partial charge < -0.3 is 14.4 Å². The van der Waals surface area contributed by atoms with Crippen LogP contribution >= 0.6 is 0 Å². The molecule has 0 bridgehead atoms. The molecule has 1 N–H and O–H groups in total. The van der Waals surface area contributed by atoms with E-state index in [0.29, 0.717) is 5.92 Å². The Kier molecular flexibility index (Phi) is 3.18. The number of aryl methyl sites for hydroxylation is 1. The third kappa shape index (κ3) is 2.27. The first-order chi connectivity index (χ1) is 9.67. The molecular formula is C15H16N2O3. The Morgan fingerprint density at radius 1 is 1.40 bits per heavy atom. The third-order valence-corrected chi connectivity index (χ3v) is 3.80. The Morgan fingerprint density at radius 2 is 2.15 bits per heavy atom. The van der Waals surface area contributed by atoms with Crippen molar-refractivity contribution in [1.82, 2.24) is 9.55 Å². The van der Waals surface area contributed by atoms with E-state index in [4.69, 9.17) is 9.84 Å². The molecule has 1 atom stereocenters. The molecule has 0 saturated heterocycles. The monoisotopic (exact) mass is 272 g/mol. The smallest absolute Gasteiger partial charge is 0.356 e. The van der Waals surface area contributed by atoms with Crippen LogP contribution in [0.1, 0.15) is 34.2 Å². The fourth-order valence-corrected chi connectivity index (χ4v) is 2.70. The van der Waals surface area contributed by atoms with Crippen molar-refractivity contribution in [2.45, 2.75) is 25.3 Å². The van der Waals surface area contributed by atoms with Crippen molar-refractivity contribution < 1.29 is 14.6 Å². The van der Waals surface area contributed by atoms with Crippen molar-refractivity contribution in [3.05, 3.63) is 47.5 Å². The number of carboxylic acid groups (broad SMARTS) is 1. The standard InChI is InChI=1S/C15H16N2O3/c1-20-12-5-2-10(3-6-12)11-4-7-14-16-13(15(18)19)9-17(14)8-11/h2-3,5-6,9,11H,4,7-8H2,1H3,(H,18,19). The lowest BCUT2D eigenvalue weighted by Crippen LogP contribution is -2.18. The minimum atomic E-state index is -0.965. The maximum Gasteiger partial charge on any atom is 0.356 e. The molecule has 5 nitrogen and oxygen atoms in total. The Morgan fingerprint density at radius 3 is 2.80 bits per heavy atom. The summed E-state index contributed by atoms with van der Waals surface area (Å²) in [4.78, 5) is 15.1. The molecule has 1 aliphatic heterocycles. The molecular weight excluding hydrogens is 256 g/mol. The first kappa shape index (κ1) is 12.7. The average Bonchev–Trinajstić information content (AvgIpc) is 2.90. The minimum absolute atomic E-state index is 0.135. The quantitative estimate of drug-likeness (QED) is 0.931. The lowest BCUT2D eigenvalue weighted by atomic mass is 9.91. The van der Waals surface area contributed by atoms with E-state index in [-0.39, 0.29) is 5.69 Å². The molecule has 20 heavy (non-hydrogen) atoms. The third-order valence-electron chi connectivity index (χ3n) is 3.80. The van der Waals surface area contributed by atoms with Gasteiger partial charge in [-0.15, -0.1) is 0 Å². The molecule has 0 fully saturated rings. The molecule has 104 valence electrons. The van der Waals surface area contributed by atoms with Gasteiger partial charge in [-0.25, -0.2) is 9.78 Å². The van der Waals surface area contributed by atoms with Gasteiger partial charge in [0.1, 0.15) is 11.6 Å². The highest BCUT2D eigenvalue weighted by Crippen LogP contribution is 2.29. The molecule has 1 aromatic heterocycles. The van der Waals surface area contributed by atoms with Gasteiger partial charge in [-0.3, -0.25) is 0 Å². The molecule has 2 heterocycles. The van der Waals surface area contributed by atoms with Crippen molar-refractivity contribution >= 4 is 5.97 Å². The second-order valence-electron chi connectivity index (χ2n) is 5.01. The summed E-state index contributed by atoms with van der Waals surface area (Å²) in [5, 5.41) is 8.98. The van der Waals surface area contributed by atoms with Crippen LogP contribution in [0.3, 0.4) is 0 Å². The summed E-state index contributed by atoms with van der Waals surface area (Å²) in [6.07, 6.45) is 3.43. The number of rotatable bonds is 3. The maximum atomic E-state index is 11.0. The van der Waals surface area contributed by atoms with Gasteiger partial charge in [-0.1, -0.05) is 12.1 Å². The van der Waals surface area contributed by atoms with Crippen LogP contribution in [0.4, 0.5) is 0 Å². The topological polar surface area (TPSA) is 64.3 Å². The zero-order valence-corrected chi connectivity index (χ0v) is 11.2. The highest BCUT2D eigenvalue weighted by molar-refractivity contribution is 5.85. The lowest BCUT2D eigenvalue weighted by Gasteiger charge is -2.24. The Labute approximate surface area is 116 Å². The van der Waals surface area contributed by atoms with Crippen LogP contribution in [0.2, 0.25) is 0 Å². The molecule has 1 aromatic carbocycles. The Bertz CT molecular complexity index is 631. The van der Waals surface area contributed by atoms with Crippen molar-refractivity contribution in [2.75, 3.05) is 7.11 Å². The van der Waals surface area contributed by atoms with E-state index in [9.17, 15) is 4.79 Å². The van der Waals surface area contributed by atoms with Crippen molar-refractivity contribution in [1.29, 1.82) is 0 Å². The summed E-state index contributed by atoms with van der Waals surface area (Å²) < 4.78 is 7.12. The SMILES string of the molecule is COc1ccc(C2CCc3nc(C(=O)O)cn3C2)cc1. The normalized spacial score (nSPS) is 17.6. The number of carbonyl (C=O) groups is 1. The maximum absolute atomic E-state index is 11.0. The first-order valence-electron chi connectivity index (χ1n) is 6.60. The van der Waals surface area contributed by atoms with Gasteiger partial charge in [0.05, 0.1) is 7.11 Å². The predicted molar refractivity (Wildman–Crippen MR) is 73.2 cm³/mol. The van der Waals surface area contributed by atoms with Crippen LogP contribution in [0, 0.1) is 0 Å². The zero-order valence-electron chi connectivity index (χ0n) is 11.2. The van der Waals surface area contributed by atoms with Crippen LogP contribution in [0.25, 0.3) is 0 Å². The predicted octanol–water partition coefficient (Wildman–Crippen LogP) is 2.32. The Balaban J connectivity index is 1.82. The number of aromatic carboxylic acids is 1. The summed E-state index contributed by atoms with van der Waals surface area (Å²) in [6, 6.07) is 8.07. The number of hydrogen-bond acceptors (Lipinski definition) is 3. The molecule has 1 unspecified atom stereocenters. The van der Waals surface area contributed by atoms with E-state index < -0.39 is 5.97 Å². The lowest BCUT2D eigenvalue weighted by molar-refractivity contribution is 0.0691. The number of hydrogen-bond donors (Lipinski definition) is 1. The largest absolute Gasteiger partial charge is 0.497 e. The number of fused-ring (bicyclic) bond motifs is 1. The molecule has 0 spiro atoms. The van der Waals surface area contributed by atoms with Gasteiger partial charge in [-0.2, -0.15) is 0 Å². The summed E-state index contributed by atoms with van der Waals surface area (Å²) in [5.74, 6) is 1.14. The first-order valence-corrected chi connectivity index (χ1v) is 6.60. The van der Waals surface area contributed by atoms with Crippen molar-refractivity contribution in [3.63, 3.8) is 0 Å². The summed E-state index contributed by atoms with van der Waals surface area (Å²) in [6.45, 7) is 0.780. The van der Waals surface area contributed by atoms with Crippen LogP contribution in [-0.4, -0.2) is 27.7 Å². The van der Waals surface area contributed by atoms with Crippen LogP contribution in [0.15, 0.2) is 30.5 Å². The average molecular weight is 272 g/mol. The number of ether oxygens (including phenoxy) is 1. The van der Waals surface area contributed by atoms with E-state index in [1.807, 2.05) is 16.7 Å². The molecule has 0 aliphatic carbocycles. The van der Waals surface area contributed by atoms with Crippen LogP contribution in [0.5, 0.6) is 5.75 Å². The number of nitrogens with zero attached hydrogens (tertiary/aromatic N) is 2. The highest BCUT2D eigenvalue weighted by Gasteiger charge is 2.23. The summed E-state index contributed by atoms with van der Waals surface area (Å²) >= 11 is 0. The van der Waals surface area contributed by atoms with E-state index in [2.05, 4.69) is 17.1 Å². The zero-order chi connectivity index (χ0) is 14.1. The van der Waals surface area contributed by atoms with Gasteiger partial charge >= 0.3 is 5.97 Å². The summed E-state index contributed by atoms with van der Waals surface area (Å²) in [5.41, 5.74) is 1.39. The molecule has 0 amide bonds. The highest BCUT2D eigenvalue weighted by atomic mass is 16.5. The van der Waals surface area contributed by atoms with Gasteiger partial charge in [0.2, 0.25) is 0 Å². The number of aromatic nitrogens is 2. The fraction of sp³-hybridized carbons (Fsp3) is 0.333. The minimum Gasteiger partial charge on any atom is -0.497 e. The number of imidazole rings is 1. The van der Waals surface area contributed by atoms with Crippen LogP contribution < -0.4 is 4.74 Å². The molecule has 0 radical (unpaired) electrons. The molecule has 5 heteroatoms. The van der Waals surface area contributed by atoms with E-state index in [0.717, 1.165) is 31.0 Å². The van der Waals surface area contributed by atoms with Gasteiger partial charge in [0.15, 0.2) is 5.69 Å². The molecule has 1 aliphatic rings. The van der Waals surface area contributed by atoms with Crippen LogP contribution in [-0.2, 0) is 13.0 Å². The Hall–Kier alpha value is -2.30. The van der Waals surface area contributed by atoms with Gasteiger partial charge in [0.25, 0.3) is 0 Å².